The average molecular weight is 609 g/mol. The molecule has 5 rings (SSSR count). The second kappa shape index (κ2) is 13.0. The second-order valence-corrected chi connectivity index (χ2v) is 18.7. The second-order valence-electron chi connectivity index (χ2n) is 18.7. The van der Waals surface area contributed by atoms with Gasteiger partial charge in [-0.1, -0.05) is 125 Å². The van der Waals surface area contributed by atoms with Gasteiger partial charge in [-0.3, -0.25) is 4.79 Å². The van der Waals surface area contributed by atoms with Gasteiger partial charge in [-0.2, -0.15) is 0 Å². The predicted molar refractivity (Wildman–Crippen MR) is 186 cm³/mol. The molecule has 0 aliphatic heterocycles. The number of unbranched alkanes of at least 4 members (excludes halogenated alkanes) is 8. The molecular formula is C42H72O2. The molecule has 1 unspecified atom stereocenters. The van der Waals surface area contributed by atoms with Crippen molar-refractivity contribution in [1.29, 1.82) is 0 Å². The minimum Gasteiger partial charge on any atom is -0.462 e. The maximum atomic E-state index is 13.1. The van der Waals surface area contributed by atoms with Gasteiger partial charge < -0.3 is 4.74 Å². The van der Waals surface area contributed by atoms with Crippen LogP contribution in [0.1, 0.15) is 184 Å². The molecule has 0 amide bonds. The van der Waals surface area contributed by atoms with Crippen molar-refractivity contribution in [2.24, 2.45) is 56.7 Å². The highest BCUT2D eigenvalue weighted by Gasteiger charge is 2.68. The first-order valence-corrected chi connectivity index (χ1v) is 19.6. The molecular weight excluding hydrogens is 536 g/mol. The fourth-order valence-corrected chi connectivity index (χ4v) is 12.8. The molecule has 0 aromatic heterocycles. The van der Waals surface area contributed by atoms with Crippen LogP contribution < -0.4 is 0 Å². The van der Waals surface area contributed by atoms with E-state index in [4.69, 9.17) is 4.74 Å². The average Bonchev–Trinajstić information content (AvgIpc) is 2.96. The Bertz CT molecular complexity index is 1040. The number of esters is 1. The van der Waals surface area contributed by atoms with Gasteiger partial charge in [0.15, 0.2) is 0 Å². The summed E-state index contributed by atoms with van der Waals surface area (Å²) in [5.41, 5.74) is 3.41. The van der Waals surface area contributed by atoms with E-state index in [0.29, 0.717) is 34.0 Å². The normalized spacial score (nSPS) is 44.4. The summed E-state index contributed by atoms with van der Waals surface area (Å²) in [4.78, 5) is 13.1. The summed E-state index contributed by atoms with van der Waals surface area (Å²) in [6.07, 6.45) is 26.8. The molecule has 5 aliphatic rings. The van der Waals surface area contributed by atoms with Gasteiger partial charge in [0.05, 0.1) is 0 Å². The molecule has 0 heterocycles. The Morgan fingerprint density at radius 1 is 0.773 bits per heavy atom. The van der Waals surface area contributed by atoms with Gasteiger partial charge in [0, 0.05) is 11.8 Å². The van der Waals surface area contributed by atoms with Crippen LogP contribution in [0, 0.1) is 56.7 Å². The molecule has 4 saturated carbocycles. The van der Waals surface area contributed by atoms with Crippen molar-refractivity contribution in [2.75, 3.05) is 0 Å². The molecule has 44 heavy (non-hydrogen) atoms. The fraction of sp³-hybridized carbons (Fsp3) is 0.929. The van der Waals surface area contributed by atoms with Crippen molar-refractivity contribution in [1.82, 2.24) is 0 Å². The number of carbonyl (C=O) groups is 1. The Labute approximate surface area is 273 Å². The van der Waals surface area contributed by atoms with Crippen LogP contribution in [0.5, 0.6) is 0 Å². The number of hydrogen-bond acceptors (Lipinski definition) is 2. The lowest BCUT2D eigenvalue weighted by atomic mass is 9.33. The smallest absolute Gasteiger partial charge is 0.306 e. The SMILES string of the molecule is CCCCCCCCCCCC(=O)OC1CC[C@]2(C)[C@H]3CC=C4[C@@H]5[C@@H](C)[C@H](C)CC[C@]5(C)CC[C@@]4(C)[C@]3(C)CC[C@H]2C1(C)C. The summed E-state index contributed by atoms with van der Waals surface area (Å²) >= 11 is 0. The molecule has 0 N–H and O–H groups in total. The van der Waals surface area contributed by atoms with Crippen molar-refractivity contribution in [3.63, 3.8) is 0 Å². The highest BCUT2D eigenvalue weighted by Crippen LogP contribution is 2.75. The number of carbonyl (C=O) groups excluding carboxylic acids is 1. The van der Waals surface area contributed by atoms with E-state index in [-0.39, 0.29) is 17.5 Å². The number of hydrogen-bond donors (Lipinski definition) is 0. The first-order chi connectivity index (χ1) is 20.7. The zero-order valence-electron chi connectivity index (χ0n) is 30.8. The zero-order valence-corrected chi connectivity index (χ0v) is 30.8. The Morgan fingerprint density at radius 2 is 1.43 bits per heavy atom. The first kappa shape index (κ1) is 34.5. The summed E-state index contributed by atoms with van der Waals surface area (Å²) in [5, 5.41) is 0. The largest absolute Gasteiger partial charge is 0.462 e. The van der Waals surface area contributed by atoms with E-state index in [1.807, 2.05) is 5.57 Å². The van der Waals surface area contributed by atoms with Crippen LogP contribution in [0.25, 0.3) is 0 Å². The predicted octanol–water partition coefficient (Wildman–Crippen LogP) is 12.5. The highest BCUT2D eigenvalue weighted by atomic mass is 16.5. The van der Waals surface area contributed by atoms with Crippen LogP contribution in [-0.4, -0.2) is 12.1 Å². The summed E-state index contributed by atoms with van der Waals surface area (Å²) in [6.45, 7) is 23.1. The van der Waals surface area contributed by atoms with E-state index >= 15 is 0 Å². The molecule has 0 aromatic carbocycles. The summed E-state index contributed by atoms with van der Waals surface area (Å²) in [6, 6.07) is 0. The van der Waals surface area contributed by atoms with Gasteiger partial charge in [0.2, 0.25) is 0 Å². The molecule has 2 nitrogen and oxygen atoms in total. The molecule has 0 spiro atoms. The molecule has 252 valence electrons. The number of rotatable bonds is 11. The van der Waals surface area contributed by atoms with Crippen LogP contribution in [-0.2, 0) is 9.53 Å². The van der Waals surface area contributed by atoms with E-state index < -0.39 is 0 Å². The van der Waals surface area contributed by atoms with E-state index in [1.165, 1.54) is 103 Å². The van der Waals surface area contributed by atoms with Crippen molar-refractivity contribution in [3.05, 3.63) is 11.6 Å². The standard InChI is InChI=1S/C42H72O2/c1-10-11-12-13-14-15-16-17-18-19-36(43)44-35-24-26-40(7)33(38(35,4)5)23-27-42(9)34(40)21-20-32-37-31(3)30(2)22-25-39(37,6)28-29-41(32,42)8/h20,30-31,33-35,37H,10-19,21-29H2,1-9H3/t30-,31+,33+,34-,35?,37+,39-,40+,41-,42-/m1/s1. The first-order valence-electron chi connectivity index (χ1n) is 19.6. The minimum atomic E-state index is 0.0336. The summed E-state index contributed by atoms with van der Waals surface area (Å²) in [7, 11) is 0. The summed E-state index contributed by atoms with van der Waals surface area (Å²) < 4.78 is 6.38. The van der Waals surface area contributed by atoms with Gasteiger partial charge in [-0.25, -0.2) is 0 Å². The van der Waals surface area contributed by atoms with E-state index in [2.05, 4.69) is 68.4 Å². The lowest BCUT2D eigenvalue weighted by Gasteiger charge is -2.71. The fourth-order valence-electron chi connectivity index (χ4n) is 12.8. The molecule has 0 bridgehead atoms. The van der Waals surface area contributed by atoms with E-state index in [1.54, 1.807) is 0 Å². The van der Waals surface area contributed by atoms with Crippen molar-refractivity contribution in [2.45, 2.75) is 190 Å². The monoisotopic (exact) mass is 609 g/mol. The van der Waals surface area contributed by atoms with Crippen molar-refractivity contribution < 1.29 is 9.53 Å². The van der Waals surface area contributed by atoms with E-state index in [9.17, 15) is 4.79 Å². The van der Waals surface area contributed by atoms with Crippen LogP contribution in [0.15, 0.2) is 11.6 Å². The van der Waals surface area contributed by atoms with Crippen LogP contribution in [0.2, 0.25) is 0 Å². The Hall–Kier alpha value is -0.790. The molecule has 0 radical (unpaired) electrons. The van der Waals surface area contributed by atoms with Crippen molar-refractivity contribution in [3.8, 4) is 0 Å². The van der Waals surface area contributed by atoms with Gasteiger partial charge in [0.25, 0.3) is 0 Å². The van der Waals surface area contributed by atoms with Crippen LogP contribution in [0.4, 0.5) is 0 Å². The van der Waals surface area contributed by atoms with Gasteiger partial charge in [-0.15, -0.1) is 0 Å². The third kappa shape index (κ3) is 5.80. The maximum Gasteiger partial charge on any atom is 0.306 e. The molecule has 10 atom stereocenters. The third-order valence-electron chi connectivity index (χ3n) is 16.1. The topological polar surface area (TPSA) is 26.3 Å². The van der Waals surface area contributed by atoms with Crippen LogP contribution >= 0.6 is 0 Å². The highest BCUT2D eigenvalue weighted by molar-refractivity contribution is 5.69. The Balaban J connectivity index is 1.23. The lowest BCUT2D eigenvalue weighted by Crippen LogP contribution is -2.65. The number of allylic oxidation sites excluding steroid dienone is 2. The molecule has 0 saturated heterocycles. The van der Waals surface area contributed by atoms with Gasteiger partial charge in [-0.05, 0) is 115 Å². The van der Waals surface area contributed by atoms with E-state index in [0.717, 1.165) is 36.5 Å². The minimum absolute atomic E-state index is 0.0336. The Morgan fingerprint density at radius 3 is 2.11 bits per heavy atom. The Kier molecular flexibility index (Phi) is 10.2. The lowest BCUT2D eigenvalue weighted by molar-refractivity contribution is -0.213. The molecule has 4 fully saturated rings. The van der Waals surface area contributed by atoms with Crippen molar-refractivity contribution >= 4 is 5.97 Å². The number of fused-ring (bicyclic) bond motifs is 7. The molecule has 2 heteroatoms. The third-order valence-corrected chi connectivity index (χ3v) is 16.1. The quantitative estimate of drug-likeness (QED) is 0.132. The molecule has 0 aromatic rings. The molecule has 5 aliphatic carbocycles. The van der Waals surface area contributed by atoms with Gasteiger partial charge in [0.1, 0.15) is 6.10 Å². The maximum absolute atomic E-state index is 13.1. The zero-order chi connectivity index (χ0) is 32.0. The van der Waals surface area contributed by atoms with Gasteiger partial charge >= 0.3 is 5.97 Å². The van der Waals surface area contributed by atoms with Crippen LogP contribution in [0.3, 0.4) is 0 Å². The summed E-state index contributed by atoms with van der Waals surface area (Å²) in [5.74, 6) is 3.81. The number of ether oxygens (including phenoxy) is 1.